The van der Waals surface area contributed by atoms with Crippen molar-refractivity contribution in [2.24, 2.45) is 11.3 Å². The lowest BCUT2D eigenvalue weighted by Crippen LogP contribution is -2.36. The van der Waals surface area contributed by atoms with Gasteiger partial charge in [-0.25, -0.2) is 0 Å². The average molecular weight is 303 g/mol. The number of fused-ring (bicyclic) bond motifs is 1. The maximum Gasteiger partial charge on any atom is 0.0948 e. The lowest BCUT2D eigenvalue weighted by molar-refractivity contribution is 0.177. The molecule has 2 atom stereocenters. The number of anilines is 1. The third kappa shape index (κ3) is 3.01. The maximum absolute atomic E-state index is 6.27. The molecule has 3 rings (SSSR count). The van der Waals surface area contributed by atoms with Crippen LogP contribution in [0.25, 0.3) is 10.9 Å². The van der Waals surface area contributed by atoms with Crippen molar-refractivity contribution in [2.75, 3.05) is 5.32 Å². The summed E-state index contributed by atoms with van der Waals surface area (Å²) < 4.78 is 0. The maximum atomic E-state index is 6.27. The fourth-order valence-electron chi connectivity index (χ4n) is 3.62. The van der Waals surface area contributed by atoms with Gasteiger partial charge in [0.05, 0.1) is 16.2 Å². The van der Waals surface area contributed by atoms with Gasteiger partial charge >= 0.3 is 0 Å². The molecular formula is C18H23ClN2. The summed E-state index contributed by atoms with van der Waals surface area (Å²) in [6.45, 7) is 7.10. The third-order valence-corrected chi connectivity index (χ3v) is 5.08. The normalized spacial score (nSPS) is 25.0. The van der Waals surface area contributed by atoms with Crippen molar-refractivity contribution in [3.8, 4) is 0 Å². The summed E-state index contributed by atoms with van der Waals surface area (Å²) in [7, 11) is 0. The Balaban J connectivity index is 1.87. The minimum absolute atomic E-state index is 0.470. The summed E-state index contributed by atoms with van der Waals surface area (Å²) in [5.74, 6) is 0.670. The lowest BCUT2D eigenvalue weighted by atomic mass is 9.70. The van der Waals surface area contributed by atoms with E-state index in [0.29, 0.717) is 17.4 Å². The van der Waals surface area contributed by atoms with Gasteiger partial charge in [0.1, 0.15) is 0 Å². The summed E-state index contributed by atoms with van der Waals surface area (Å²) in [6, 6.07) is 8.51. The first-order chi connectivity index (χ1) is 9.96. The molecule has 21 heavy (non-hydrogen) atoms. The molecule has 1 aromatic heterocycles. The topological polar surface area (TPSA) is 24.9 Å². The van der Waals surface area contributed by atoms with Gasteiger partial charge in [-0.15, -0.1) is 0 Å². The minimum Gasteiger partial charge on any atom is -0.380 e. The Morgan fingerprint density at radius 3 is 2.86 bits per heavy atom. The van der Waals surface area contributed by atoms with Gasteiger partial charge in [0.2, 0.25) is 0 Å². The van der Waals surface area contributed by atoms with E-state index >= 15 is 0 Å². The highest BCUT2D eigenvalue weighted by molar-refractivity contribution is 6.35. The van der Waals surface area contributed by atoms with Gasteiger partial charge in [0, 0.05) is 17.6 Å². The smallest absolute Gasteiger partial charge is 0.0948 e. The number of aromatic nitrogens is 1. The predicted molar refractivity (Wildman–Crippen MR) is 91.0 cm³/mol. The quantitative estimate of drug-likeness (QED) is 0.790. The number of hydrogen-bond acceptors (Lipinski definition) is 2. The summed E-state index contributed by atoms with van der Waals surface area (Å²) in [6.07, 6.45) is 5.58. The van der Waals surface area contributed by atoms with Crippen LogP contribution in [-0.4, -0.2) is 11.0 Å². The Morgan fingerprint density at radius 2 is 2.10 bits per heavy atom. The number of pyridine rings is 1. The van der Waals surface area contributed by atoms with E-state index in [1.54, 1.807) is 0 Å². The summed E-state index contributed by atoms with van der Waals surface area (Å²) in [5.41, 5.74) is 2.55. The molecule has 1 heterocycles. The molecule has 0 bridgehead atoms. The summed E-state index contributed by atoms with van der Waals surface area (Å²) in [5, 5.41) is 5.50. The first-order valence-corrected chi connectivity index (χ1v) is 8.14. The van der Waals surface area contributed by atoms with Crippen LogP contribution >= 0.6 is 11.6 Å². The molecule has 3 heteroatoms. The fraction of sp³-hybridized carbons (Fsp3) is 0.500. The molecule has 1 fully saturated rings. The Bertz CT molecular complexity index is 651. The van der Waals surface area contributed by atoms with E-state index < -0.39 is 0 Å². The van der Waals surface area contributed by atoms with Crippen molar-refractivity contribution in [1.29, 1.82) is 0 Å². The Kier molecular flexibility index (Phi) is 3.83. The molecule has 1 aliphatic rings. The third-order valence-electron chi connectivity index (χ3n) is 4.75. The molecule has 0 saturated heterocycles. The standard InChI is InChI=1S/C18H23ClN2/c1-12-11-18(2,3)9-8-15(12)21-16-7-6-14(19)13-5-4-10-20-17(13)16/h4-7,10,12,15,21H,8-9,11H2,1-3H3. The van der Waals surface area contributed by atoms with E-state index in [-0.39, 0.29) is 0 Å². The molecule has 0 radical (unpaired) electrons. The highest BCUT2D eigenvalue weighted by atomic mass is 35.5. The van der Waals surface area contributed by atoms with E-state index in [1.807, 2.05) is 24.4 Å². The highest BCUT2D eigenvalue weighted by Crippen LogP contribution is 2.40. The first-order valence-electron chi connectivity index (χ1n) is 7.76. The molecule has 112 valence electrons. The van der Waals surface area contributed by atoms with Crippen molar-refractivity contribution in [2.45, 2.75) is 46.1 Å². The average Bonchev–Trinajstić information content (AvgIpc) is 2.44. The van der Waals surface area contributed by atoms with Crippen LogP contribution in [0.1, 0.15) is 40.0 Å². The molecule has 0 amide bonds. The van der Waals surface area contributed by atoms with Gasteiger partial charge in [0.25, 0.3) is 0 Å². The molecule has 0 spiro atoms. The van der Waals surface area contributed by atoms with Gasteiger partial charge in [-0.3, -0.25) is 4.98 Å². The second-order valence-corrected chi connectivity index (χ2v) is 7.54. The van der Waals surface area contributed by atoms with Crippen molar-refractivity contribution in [1.82, 2.24) is 4.98 Å². The Hall–Kier alpha value is -1.28. The number of nitrogens with zero attached hydrogens (tertiary/aromatic N) is 1. The molecular weight excluding hydrogens is 280 g/mol. The monoisotopic (exact) mass is 302 g/mol. The zero-order valence-corrected chi connectivity index (χ0v) is 13.7. The largest absolute Gasteiger partial charge is 0.380 e. The predicted octanol–water partition coefficient (Wildman–Crippen LogP) is 5.51. The van der Waals surface area contributed by atoms with Crippen molar-refractivity contribution in [3.05, 3.63) is 35.5 Å². The van der Waals surface area contributed by atoms with E-state index in [4.69, 9.17) is 11.6 Å². The van der Waals surface area contributed by atoms with Gasteiger partial charge in [-0.05, 0) is 54.9 Å². The first kappa shape index (κ1) is 14.6. The van der Waals surface area contributed by atoms with Gasteiger partial charge in [-0.2, -0.15) is 0 Å². The fourth-order valence-corrected chi connectivity index (χ4v) is 3.83. The number of hydrogen-bond donors (Lipinski definition) is 1. The van der Waals surface area contributed by atoms with Crippen LogP contribution in [0.4, 0.5) is 5.69 Å². The van der Waals surface area contributed by atoms with Crippen molar-refractivity contribution < 1.29 is 0 Å². The van der Waals surface area contributed by atoms with Crippen LogP contribution in [0.5, 0.6) is 0 Å². The van der Waals surface area contributed by atoms with Crippen LogP contribution in [-0.2, 0) is 0 Å². The van der Waals surface area contributed by atoms with Crippen LogP contribution in [0.2, 0.25) is 5.02 Å². The second kappa shape index (κ2) is 5.49. The molecule has 0 aliphatic heterocycles. The van der Waals surface area contributed by atoms with Crippen LogP contribution in [0.15, 0.2) is 30.5 Å². The number of nitrogens with one attached hydrogen (secondary N) is 1. The molecule has 1 aromatic carbocycles. The zero-order chi connectivity index (χ0) is 15.0. The molecule has 1 saturated carbocycles. The van der Waals surface area contributed by atoms with E-state index in [0.717, 1.165) is 21.6 Å². The molecule has 2 unspecified atom stereocenters. The summed E-state index contributed by atoms with van der Waals surface area (Å²) in [4.78, 5) is 4.51. The van der Waals surface area contributed by atoms with Crippen LogP contribution in [0.3, 0.4) is 0 Å². The Morgan fingerprint density at radius 1 is 1.29 bits per heavy atom. The molecule has 1 N–H and O–H groups in total. The van der Waals surface area contributed by atoms with Crippen LogP contribution < -0.4 is 5.32 Å². The van der Waals surface area contributed by atoms with Crippen molar-refractivity contribution >= 4 is 28.2 Å². The van der Waals surface area contributed by atoms with Gasteiger partial charge in [-0.1, -0.05) is 32.4 Å². The number of benzene rings is 1. The molecule has 2 aromatic rings. The molecule has 1 aliphatic carbocycles. The highest BCUT2D eigenvalue weighted by Gasteiger charge is 2.32. The second-order valence-electron chi connectivity index (χ2n) is 7.13. The van der Waals surface area contributed by atoms with Gasteiger partial charge < -0.3 is 5.32 Å². The lowest BCUT2D eigenvalue weighted by Gasteiger charge is -2.40. The zero-order valence-electron chi connectivity index (χ0n) is 13.0. The molecule has 2 nitrogen and oxygen atoms in total. The van der Waals surface area contributed by atoms with E-state index in [2.05, 4.69) is 37.1 Å². The Labute approximate surface area is 131 Å². The number of rotatable bonds is 2. The van der Waals surface area contributed by atoms with E-state index in [1.165, 1.54) is 19.3 Å². The minimum atomic E-state index is 0.470. The van der Waals surface area contributed by atoms with Gasteiger partial charge in [0.15, 0.2) is 0 Å². The van der Waals surface area contributed by atoms with Crippen LogP contribution in [0, 0.1) is 11.3 Å². The van der Waals surface area contributed by atoms with Crippen molar-refractivity contribution in [3.63, 3.8) is 0 Å². The SMILES string of the molecule is CC1CC(C)(C)CCC1Nc1ccc(Cl)c2cccnc12. The van der Waals surface area contributed by atoms with E-state index in [9.17, 15) is 0 Å². The summed E-state index contributed by atoms with van der Waals surface area (Å²) >= 11 is 6.27. The number of halogens is 1.